The maximum Gasteiger partial charge on any atom is 0.673 e. The van der Waals surface area contributed by atoms with Crippen LogP contribution in [0.1, 0.15) is 58.3 Å². The lowest BCUT2D eigenvalue weighted by Crippen LogP contribution is -2.11. The van der Waals surface area contributed by atoms with Gasteiger partial charge in [0.1, 0.15) is 0 Å². The number of halogens is 8. The van der Waals surface area contributed by atoms with Gasteiger partial charge in [0.25, 0.3) is 0 Å². The molecular weight excluding hydrogens is 349 g/mol. The summed E-state index contributed by atoms with van der Waals surface area (Å²) >= 11 is 0. The highest BCUT2D eigenvalue weighted by Gasteiger charge is 2.31. The van der Waals surface area contributed by atoms with Crippen molar-refractivity contribution < 1.29 is 34.5 Å². The minimum absolute atomic E-state index is 0.439. The summed E-state index contributed by atoms with van der Waals surface area (Å²) in [5.74, 6) is 0. The molecule has 0 unspecified atom stereocenters. The van der Waals surface area contributed by atoms with Crippen molar-refractivity contribution in [3.8, 4) is 0 Å². The first kappa shape index (κ1) is 23.0. The molecule has 140 valence electrons. The van der Waals surface area contributed by atoms with Crippen molar-refractivity contribution in [2.75, 3.05) is 6.16 Å². The van der Waals surface area contributed by atoms with Crippen LogP contribution in [0.15, 0.2) is 0 Å². The molecule has 2 rings (SSSR count). The van der Waals surface area contributed by atoms with E-state index in [2.05, 4.69) is 6.92 Å². The lowest BCUT2D eigenvalue weighted by atomic mass is 10.3. The van der Waals surface area contributed by atoms with Crippen LogP contribution >= 0.6 is 7.92 Å². The topological polar surface area (TPSA) is 0 Å². The van der Waals surface area contributed by atoms with E-state index in [0.29, 0.717) is 7.92 Å². The van der Waals surface area contributed by atoms with Crippen LogP contribution in [0.25, 0.3) is 0 Å². The fraction of sp³-hybridized carbons (Fsp3) is 1.00. The van der Waals surface area contributed by atoms with E-state index in [-0.39, 0.29) is 0 Å². The van der Waals surface area contributed by atoms with E-state index in [0.717, 1.165) is 0 Å². The highest BCUT2D eigenvalue weighted by molar-refractivity contribution is 7.59. The van der Waals surface area contributed by atoms with Crippen molar-refractivity contribution in [3.05, 3.63) is 0 Å². The molecule has 0 atom stereocenters. The van der Waals surface area contributed by atoms with E-state index >= 15 is 0 Å². The van der Waals surface area contributed by atoms with Gasteiger partial charge in [0.15, 0.2) is 0 Å². The van der Waals surface area contributed by atoms with Crippen LogP contribution in [0, 0.1) is 0 Å². The third-order valence-electron chi connectivity index (χ3n) is 3.95. The number of hydrogen-bond acceptors (Lipinski definition) is 0. The van der Waals surface area contributed by atoms with Gasteiger partial charge in [-0.15, -0.1) is 7.92 Å². The zero-order valence-electron chi connectivity index (χ0n) is 13.1. The Balaban J connectivity index is 0.000000406. The molecule has 2 fully saturated rings. The van der Waals surface area contributed by atoms with E-state index in [1.807, 2.05) is 0 Å². The first-order valence-corrected chi connectivity index (χ1v) is 9.58. The predicted octanol–water partition coefficient (Wildman–Crippen LogP) is 6.97. The first-order valence-electron chi connectivity index (χ1n) is 7.92. The van der Waals surface area contributed by atoms with Crippen LogP contribution in [-0.2, 0) is 0 Å². The predicted molar refractivity (Wildman–Crippen MR) is 82.3 cm³/mol. The molecule has 2 saturated carbocycles. The molecule has 0 radical (unpaired) electrons. The fourth-order valence-electron chi connectivity index (χ4n) is 3.29. The Kier molecular flexibility index (Phi) is 10.8. The van der Waals surface area contributed by atoms with E-state index in [4.69, 9.17) is 0 Å². The molecule has 23 heavy (non-hydrogen) atoms. The summed E-state index contributed by atoms with van der Waals surface area (Å²) in [4.78, 5) is 0. The van der Waals surface area contributed by atoms with Crippen molar-refractivity contribution in [2.24, 2.45) is 0 Å². The van der Waals surface area contributed by atoms with Gasteiger partial charge in [-0.05, 0) is 43.2 Å². The van der Waals surface area contributed by atoms with Gasteiger partial charge >= 0.3 is 14.5 Å². The normalized spacial score (nSPS) is 20.1. The lowest BCUT2D eigenvalue weighted by molar-refractivity contribution is 0.366. The second-order valence-corrected chi connectivity index (χ2v) is 8.82. The average molecular weight is 372 g/mol. The van der Waals surface area contributed by atoms with Gasteiger partial charge < -0.3 is 34.5 Å². The fourth-order valence-corrected chi connectivity index (χ4v) is 6.97. The summed E-state index contributed by atoms with van der Waals surface area (Å²) in [6, 6.07) is 0. The monoisotopic (exact) mass is 372 g/mol. The van der Waals surface area contributed by atoms with Crippen LogP contribution in [-0.4, -0.2) is 32.0 Å². The molecule has 0 N–H and O–H groups in total. The Morgan fingerprint density at radius 2 is 0.870 bits per heavy atom. The molecule has 11 heteroatoms. The third-order valence-corrected chi connectivity index (χ3v) is 7.59. The maximum absolute atomic E-state index is 9.75. The third kappa shape index (κ3) is 15.3. The quantitative estimate of drug-likeness (QED) is 0.285. The molecule has 2 aliphatic rings. The van der Waals surface area contributed by atoms with Crippen LogP contribution in [0.3, 0.4) is 0 Å². The van der Waals surface area contributed by atoms with Crippen molar-refractivity contribution in [1.29, 1.82) is 0 Å². The molecule has 0 amide bonds. The molecule has 0 aromatic carbocycles. The molecular formula is C12H23B2F8P-2. The molecule has 0 bridgehead atoms. The van der Waals surface area contributed by atoms with Crippen LogP contribution in [0.2, 0.25) is 0 Å². The summed E-state index contributed by atoms with van der Waals surface area (Å²) in [5.41, 5.74) is 2.37. The lowest BCUT2D eigenvalue weighted by Gasteiger charge is -2.28. The van der Waals surface area contributed by atoms with Crippen molar-refractivity contribution >= 4 is 22.4 Å². The molecule has 0 saturated heterocycles. The molecule has 0 heterocycles. The molecule has 0 nitrogen and oxygen atoms in total. The average Bonchev–Trinajstić information content (AvgIpc) is 2.97. The Bertz CT molecular complexity index is 258. The molecule has 0 aromatic rings. The van der Waals surface area contributed by atoms with E-state index in [1.54, 1.807) is 25.7 Å². The van der Waals surface area contributed by atoms with Crippen LogP contribution in [0.4, 0.5) is 34.5 Å². The molecule has 2 aliphatic carbocycles. The molecule has 0 spiro atoms. The minimum atomic E-state index is -6.00. The highest BCUT2D eigenvalue weighted by atomic mass is 31.1. The Morgan fingerprint density at radius 3 is 1.04 bits per heavy atom. The van der Waals surface area contributed by atoms with Crippen molar-refractivity contribution in [1.82, 2.24) is 0 Å². The Hall–Kier alpha value is -0.000130. The molecule has 0 aliphatic heterocycles. The van der Waals surface area contributed by atoms with Gasteiger partial charge in [0, 0.05) is 0 Å². The number of rotatable bonds is 3. The Labute approximate surface area is 133 Å². The SMILES string of the molecule is CCP(C1CCCC1)C1CCCC1.F[B-](F)(F)F.F[B-](F)(F)F. The smallest absolute Gasteiger partial charge is 0.418 e. The van der Waals surface area contributed by atoms with Crippen LogP contribution < -0.4 is 0 Å². The summed E-state index contributed by atoms with van der Waals surface area (Å²) in [7, 11) is -11.6. The van der Waals surface area contributed by atoms with Gasteiger partial charge in [0.2, 0.25) is 0 Å². The first-order chi connectivity index (χ1) is 10.4. The van der Waals surface area contributed by atoms with E-state index in [1.165, 1.54) is 43.2 Å². The second kappa shape index (κ2) is 10.8. The van der Waals surface area contributed by atoms with Crippen molar-refractivity contribution in [3.63, 3.8) is 0 Å². The highest BCUT2D eigenvalue weighted by Crippen LogP contribution is 2.56. The largest absolute Gasteiger partial charge is 0.673 e. The summed E-state index contributed by atoms with van der Waals surface area (Å²) < 4.78 is 78.0. The molecule has 0 aromatic heterocycles. The van der Waals surface area contributed by atoms with Gasteiger partial charge in [-0.1, -0.05) is 32.6 Å². The zero-order valence-corrected chi connectivity index (χ0v) is 14.0. The van der Waals surface area contributed by atoms with Gasteiger partial charge in [-0.2, -0.15) is 0 Å². The summed E-state index contributed by atoms with van der Waals surface area (Å²) in [6.07, 6.45) is 14.0. The van der Waals surface area contributed by atoms with Gasteiger partial charge in [-0.25, -0.2) is 0 Å². The standard InChI is InChI=1S/C12H23P.2BF4/c1-2-13(11-7-3-4-8-11)12-9-5-6-10-12;2*2-1(3,4)5/h11-12H,2-10H2,1H3;;/q;2*-1. The summed E-state index contributed by atoms with van der Waals surface area (Å²) in [6.45, 7) is 2.45. The number of hydrogen-bond donors (Lipinski definition) is 0. The maximum atomic E-state index is 9.75. The zero-order chi connectivity index (χ0) is 18.1. The second-order valence-electron chi connectivity index (χ2n) is 5.70. The van der Waals surface area contributed by atoms with Crippen molar-refractivity contribution in [2.45, 2.75) is 69.6 Å². The minimum Gasteiger partial charge on any atom is -0.418 e. The van der Waals surface area contributed by atoms with E-state index < -0.39 is 14.5 Å². The Morgan fingerprint density at radius 1 is 0.652 bits per heavy atom. The van der Waals surface area contributed by atoms with Gasteiger partial charge in [0.05, 0.1) is 0 Å². The van der Waals surface area contributed by atoms with E-state index in [9.17, 15) is 34.5 Å². The van der Waals surface area contributed by atoms with Gasteiger partial charge in [-0.3, -0.25) is 0 Å². The van der Waals surface area contributed by atoms with Crippen LogP contribution in [0.5, 0.6) is 0 Å². The summed E-state index contributed by atoms with van der Waals surface area (Å²) in [5, 5.41) is 0.